The SMILES string of the molecule is O=C(O)[C@@H]1CC(O)CN1C(=O)c1cccc([N+](=O)[O-])c1Cl. The first-order valence-electron chi connectivity index (χ1n) is 5.97. The largest absolute Gasteiger partial charge is 0.480 e. The molecule has 1 unspecified atom stereocenters. The van der Waals surface area contributed by atoms with E-state index in [0.717, 1.165) is 11.0 Å². The molecule has 0 saturated carbocycles. The smallest absolute Gasteiger partial charge is 0.326 e. The number of likely N-dealkylation sites (tertiary alicyclic amines) is 1. The van der Waals surface area contributed by atoms with E-state index in [0.29, 0.717) is 0 Å². The molecule has 1 saturated heterocycles. The molecule has 112 valence electrons. The summed E-state index contributed by atoms with van der Waals surface area (Å²) >= 11 is 5.84. The summed E-state index contributed by atoms with van der Waals surface area (Å²) < 4.78 is 0. The number of aliphatic hydroxyl groups is 1. The van der Waals surface area contributed by atoms with Crippen LogP contribution < -0.4 is 0 Å². The molecule has 1 amide bonds. The molecule has 0 aliphatic carbocycles. The van der Waals surface area contributed by atoms with Gasteiger partial charge in [0.15, 0.2) is 0 Å². The van der Waals surface area contributed by atoms with E-state index in [1.165, 1.54) is 12.1 Å². The van der Waals surface area contributed by atoms with E-state index < -0.39 is 34.6 Å². The Labute approximate surface area is 123 Å². The average Bonchev–Trinajstić information content (AvgIpc) is 2.80. The molecular weight excluding hydrogens is 304 g/mol. The monoisotopic (exact) mass is 314 g/mol. The Morgan fingerprint density at radius 2 is 2.10 bits per heavy atom. The lowest BCUT2D eigenvalue weighted by Crippen LogP contribution is -2.40. The third-order valence-corrected chi connectivity index (χ3v) is 3.63. The van der Waals surface area contributed by atoms with Crippen molar-refractivity contribution in [2.45, 2.75) is 18.6 Å². The van der Waals surface area contributed by atoms with Crippen LogP contribution in [-0.2, 0) is 4.79 Å². The minimum absolute atomic E-state index is 0.0897. The predicted molar refractivity (Wildman–Crippen MR) is 71.2 cm³/mol. The fourth-order valence-corrected chi connectivity index (χ4v) is 2.53. The molecule has 2 N–H and O–H groups in total. The lowest BCUT2D eigenvalue weighted by molar-refractivity contribution is -0.384. The van der Waals surface area contributed by atoms with Crippen LogP contribution in [-0.4, -0.2) is 50.6 Å². The van der Waals surface area contributed by atoms with Gasteiger partial charge < -0.3 is 15.1 Å². The molecular formula is C12H11ClN2O6. The Hall–Kier alpha value is -2.19. The number of carbonyl (C=O) groups excluding carboxylic acids is 1. The summed E-state index contributed by atoms with van der Waals surface area (Å²) in [5.74, 6) is -2.01. The fraction of sp³-hybridized carbons (Fsp3) is 0.333. The second-order valence-corrected chi connectivity index (χ2v) is 4.97. The van der Waals surface area contributed by atoms with Crippen molar-refractivity contribution < 1.29 is 24.7 Å². The van der Waals surface area contributed by atoms with Crippen molar-refractivity contribution in [3.63, 3.8) is 0 Å². The zero-order chi connectivity index (χ0) is 15.7. The van der Waals surface area contributed by atoms with Crippen LogP contribution in [0.5, 0.6) is 0 Å². The van der Waals surface area contributed by atoms with Gasteiger partial charge in [-0.05, 0) is 6.07 Å². The number of carboxylic acid groups (broad SMARTS) is 1. The summed E-state index contributed by atoms with van der Waals surface area (Å²) in [5.41, 5.74) is -0.597. The van der Waals surface area contributed by atoms with E-state index in [2.05, 4.69) is 0 Å². The number of rotatable bonds is 3. The molecule has 9 heteroatoms. The van der Waals surface area contributed by atoms with Crippen LogP contribution in [0.3, 0.4) is 0 Å². The number of aliphatic carboxylic acids is 1. The number of aliphatic hydroxyl groups excluding tert-OH is 1. The van der Waals surface area contributed by atoms with Gasteiger partial charge in [-0.15, -0.1) is 0 Å². The quantitative estimate of drug-likeness (QED) is 0.631. The summed E-state index contributed by atoms with van der Waals surface area (Å²) in [6, 6.07) is 2.54. The molecule has 2 atom stereocenters. The first kappa shape index (κ1) is 15.2. The number of amides is 1. The van der Waals surface area contributed by atoms with Crippen LogP contribution in [0.15, 0.2) is 18.2 Å². The molecule has 8 nitrogen and oxygen atoms in total. The van der Waals surface area contributed by atoms with Crippen LogP contribution in [0.1, 0.15) is 16.8 Å². The number of β-amino-alcohol motifs (C(OH)–C–C–N with tert-alkyl or cyclic N) is 1. The first-order valence-corrected chi connectivity index (χ1v) is 6.35. The molecule has 1 aliphatic rings. The molecule has 0 bridgehead atoms. The number of hydrogen-bond donors (Lipinski definition) is 2. The molecule has 1 heterocycles. The molecule has 1 aromatic carbocycles. The lowest BCUT2D eigenvalue weighted by Gasteiger charge is -2.21. The number of carboxylic acids is 1. The molecule has 1 aliphatic heterocycles. The minimum atomic E-state index is -1.25. The Morgan fingerprint density at radius 1 is 1.43 bits per heavy atom. The van der Waals surface area contributed by atoms with Crippen molar-refractivity contribution in [2.24, 2.45) is 0 Å². The van der Waals surface area contributed by atoms with Crippen LogP contribution >= 0.6 is 11.6 Å². The third kappa shape index (κ3) is 2.81. The zero-order valence-electron chi connectivity index (χ0n) is 10.6. The number of hydrogen-bond acceptors (Lipinski definition) is 5. The second-order valence-electron chi connectivity index (χ2n) is 4.60. The van der Waals surface area contributed by atoms with E-state index in [4.69, 9.17) is 16.7 Å². The van der Waals surface area contributed by atoms with Crippen LogP contribution in [0.25, 0.3) is 0 Å². The average molecular weight is 315 g/mol. The topological polar surface area (TPSA) is 121 Å². The Morgan fingerprint density at radius 3 is 2.67 bits per heavy atom. The lowest BCUT2D eigenvalue weighted by atomic mass is 10.1. The van der Waals surface area contributed by atoms with Crippen molar-refractivity contribution in [1.29, 1.82) is 0 Å². The number of nitro groups is 1. The maximum atomic E-state index is 12.3. The zero-order valence-corrected chi connectivity index (χ0v) is 11.4. The van der Waals surface area contributed by atoms with Crippen molar-refractivity contribution >= 4 is 29.2 Å². The van der Waals surface area contributed by atoms with Crippen molar-refractivity contribution in [2.75, 3.05) is 6.54 Å². The van der Waals surface area contributed by atoms with Crippen molar-refractivity contribution in [3.8, 4) is 0 Å². The predicted octanol–water partition coefficient (Wildman–Crippen LogP) is 0.908. The molecule has 2 rings (SSSR count). The maximum Gasteiger partial charge on any atom is 0.326 e. The summed E-state index contributed by atoms with van der Waals surface area (Å²) in [6.07, 6.45) is -1.04. The highest BCUT2D eigenvalue weighted by Gasteiger charge is 2.40. The van der Waals surface area contributed by atoms with Gasteiger partial charge in [0.2, 0.25) is 0 Å². The van der Waals surface area contributed by atoms with E-state index in [1.54, 1.807) is 0 Å². The van der Waals surface area contributed by atoms with E-state index in [9.17, 15) is 24.8 Å². The van der Waals surface area contributed by atoms with Crippen molar-refractivity contribution in [3.05, 3.63) is 38.9 Å². The Bertz CT molecular complexity index is 620. The van der Waals surface area contributed by atoms with Crippen LogP contribution in [0, 0.1) is 10.1 Å². The van der Waals surface area contributed by atoms with Gasteiger partial charge in [0, 0.05) is 19.0 Å². The van der Waals surface area contributed by atoms with E-state index in [1.807, 2.05) is 0 Å². The highest BCUT2D eigenvalue weighted by Crippen LogP contribution is 2.30. The summed E-state index contributed by atoms with van der Waals surface area (Å²) in [5, 5.41) is 29.0. The van der Waals surface area contributed by atoms with Crippen molar-refractivity contribution in [1.82, 2.24) is 4.90 Å². The highest BCUT2D eigenvalue weighted by molar-refractivity contribution is 6.35. The summed E-state index contributed by atoms with van der Waals surface area (Å²) in [4.78, 5) is 34.5. The van der Waals surface area contributed by atoms with Crippen LogP contribution in [0.4, 0.5) is 5.69 Å². The number of halogens is 1. The third-order valence-electron chi connectivity index (χ3n) is 3.23. The first-order chi connectivity index (χ1) is 9.82. The molecule has 1 aromatic rings. The normalized spacial score (nSPS) is 21.3. The summed E-state index contributed by atoms with van der Waals surface area (Å²) in [7, 11) is 0. The number of nitro benzene ring substituents is 1. The molecule has 0 spiro atoms. The number of carbonyl (C=O) groups is 2. The number of nitrogens with zero attached hydrogens (tertiary/aromatic N) is 2. The van der Waals surface area contributed by atoms with Gasteiger partial charge in [0.25, 0.3) is 11.6 Å². The van der Waals surface area contributed by atoms with E-state index in [-0.39, 0.29) is 23.6 Å². The second kappa shape index (κ2) is 5.66. The van der Waals surface area contributed by atoms with Gasteiger partial charge in [-0.25, -0.2) is 4.79 Å². The van der Waals surface area contributed by atoms with Gasteiger partial charge in [-0.2, -0.15) is 0 Å². The highest BCUT2D eigenvalue weighted by atomic mass is 35.5. The fourth-order valence-electron chi connectivity index (χ4n) is 2.25. The standard InChI is InChI=1S/C12H11ClN2O6/c13-10-7(2-1-3-8(10)15(20)21)11(17)14-5-6(16)4-9(14)12(18)19/h1-3,6,9,16H,4-5H2,(H,18,19)/t6?,9-/m0/s1. The van der Waals surface area contributed by atoms with Gasteiger partial charge in [-0.3, -0.25) is 14.9 Å². The number of benzene rings is 1. The van der Waals surface area contributed by atoms with Gasteiger partial charge >= 0.3 is 5.97 Å². The maximum absolute atomic E-state index is 12.3. The van der Waals surface area contributed by atoms with E-state index >= 15 is 0 Å². The van der Waals surface area contributed by atoms with Gasteiger partial charge in [0.05, 0.1) is 16.6 Å². The Kier molecular flexibility index (Phi) is 4.10. The van der Waals surface area contributed by atoms with Crippen LogP contribution in [0.2, 0.25) is 5.02 Å². The molecule has 0 radical (unpaired) electrons. The minimum Gasteiger partial charge on any atom is -0.480 e. The van der Waals surface area contributed by atoms with Gasteiger partial charge in [0.1, 0.15) is 11.1 Å². The molecule has 0 aromatic heterocycles. The molecule has 21 heavy (non-hydrogen) atoms. The Balaban J connectivity index is 2.38. The summed E-state index contributed by atoms with van der Waals surface area (Å²) in [6.45, 7) is -0.158. The molecule has 1 fully saturated rings. The van der Waals surface area contributed by atoms with Gasteiger partial charge in [-0.1, -0.05) is 17.7 Å².